The second-order valence-electron chi connectivity index (χ2n) is 2.19. The molecule has 0 aliphatic carbocycles. The van der Waals surface area contributed by atoms with Gasteiger partial charge in [0.25, 0.3) is 0 Å². The van der Waals surface area contributed by atoms with Gasteiger partial charge >= 0.3 is 6.03 Å². The lowest BCUT2D eigenvalue weighted by Gasteiger charge is -2.28. The maximum absolute atomic E-state index is 11.1. The van der Waals surface area contributed by atoms with Gasteiger partial charge in [0.15, 0.2) is 0 Å². The average molecular weight is 234 g/mol. The van der Waals surface area contributed by atoms with Gasteiger partial charge in [0, 0.05) is 13.6 Å². The van der Waals surface area contributed by atoms with E-state index in [-0.39, 0.29) is 11.9 Å². The van der Waals surface area contributed by atoms with Crippen molar-refractivity contribution in [3.8, 4) is 0 Å². The number of hydrogen-bond acceptors (Lipinski definition) is 1. The molecule has 6 heteroatoms. The molecule has 12 heavy (non-hydrogen) atoms. The summed E-state index contributed by atoms with van der Waals surface area (Å²) in [5.41, 5.74) is 0. The van der Waals surface area contributed by atoms with Crippen molar-refractivity contribution in [2.45, 2.75) is 11.4 Å². The van der Waals surface area contributed by atoms with Crippen molar-refractivity contribution in [3.05, 3.63) is 0 Å². The lowest BCUT2D eigenvalue weighted by Crippen LogP contribution is -2.47. The van der Waals surface area contributed by atoms with Gasteiger partial charge in [0.1, 0.15) is 0 Å². The first-order valence-corrected chi connectivity index (χ1v) is 4.70. The fourth-order valence-electron chi connectivity index (χ4n) is 0.508. The number of carbonyl (C=O) groups excluding carboxylic acids is 1. The Balaban J connectivity index is 4.17. The molecular weight excluding hydrogens is 222 g/mol. The Morgan fingerprint density at radius 1 is 1.58 bits per heavy atom. The van der Waals surface area contributed by atoms with Crippen LogP contribution in [0.5, 0.6) is 0 Å². The van der Waals surface area contributed by atoms with E-state index in [0.717, 1.165) is 4.90 Å². The van der Waals surface area contributed by atoms with Crippen LogP contribution in [0.4, 0.5) is 4.79 Å². The highest BCUT2D eigenvalue weighted by Crippen LogP contribution is 2.25. The van der Waals surface area contributed by atoms with E-state index in [1.165, 1.54) is 7.05 Å². The molecule has 0 aromatic carbocycles. The molecular formula is C6H11Cl3N2O. The van der Waals surface area contributed by atoms with Gasteiger partial charge in [0.2, 0.25) is 4.46 Å². The van der Waals surface area contributed by atoms with E-state index in [1.54, 1.807) is 6.92 Å². The normalized spacial score (nSPS) is 11.1. The first-order valence-electron chi connectivity index (χ1n) is 3.41. The molecule has 1 N–H and O–H groups in total. The predicted molar refractivity (Wildman–Crippen MR) is 52.0 cm³/mol. The molecule has 0 atom stereocenters. The molecule has 0 saturated carbocycles. The topological polar surface area (TPSA) is 32.3 Å². The van der Waals surface area contributed by atoms with Crippen molar-refractivity contribution in [3.63, 3.8) is 0 Å². The summed E-state index contributed by atoms with van der Waals surface area (Å²) in [5, 5.41) is 2.55. The second kappa shape index (κ2) is 5.00. The average Bonchev–Trinajstić information content (AvgIpc) is 2.03. The molecule has 0 fully saturated rings. The van der Waals surface area contributed by atoms with Gasteiger partial charge < -0.3 is 5.32 Å². The van der Waals surface area contributed by atoms with Crippen LogP contribution in [-0.2, 0) is 0 Å². The highest BCUT2D eigenvalue weighted by Gasteiger charge is 2.31. The van der Waals surface area contributed by atoms with Crippen LogP contribution in [0.25, 0.3) is 0 Å². The lowest BCUT2D eigenvalue weighted by molar-refractivity contribution is 0.202. The van der Waals surface area contributed by atoms with Crippen molar-refractivity contribution >= 4 is 40.8 Å². The van der Waals surface area contributed by atoms with Gasteiger partial charge in [-0.3, -0.25) is 4.90 Å². The van der Waals surface area contributed by atoms with Crippen LogP contribution >= 0.6 is 34.8 Å². The molecule has 0 saturated heterocycles. The highest BCUT2D eigenvalue weighted by atomic mass is 35.5. The first-order chi connectivity index (χ1) is 5.45. The Kier molecular flexibility index (Phi) is 5.06. The zero-order valence-electron chi connectivity index (χ0n) is 6.90. The first kappa shape index (κ1) is 12.1. The third kappa shape index (κ3) is 3.25. The summed E-state index contributed by atoms with van der Waals surface area (Å²) in [6.45, 7) is 2.33. The van der Waals surface area contributed by atoms with Crippen LogP contribution < -0.4 is 5.32 Å². The molecule has 0 heterocycles. The molecule has 3 nitrogen and oxygen atoms in total. The number of hydrogen-bond donors (Lipinski definition) is 1. The molecule has 2 amide bonds. The number of halogens is 3. The molecule has 0 bridgehead atoms. The zero-order valence-corrected chi connectivity index (χ0v) is 9.17. The molecule has 0 spiro atoms. The van der Waals surface area contributed by atoms with E-state index >= 15 is 0 Å². The highest BCUT2D eigenvalue weighted by molar-refractivity contribution is 6.51. The summed E-state index contributed by atoms with van der Waals surface area (Å²) >= 11 is 16.8. The molecule has 0 aromatic heterocycles. The number of urea groups is 1. The van der Waals surface area contributed by atoms with Crippen molar-refractivity contribution in [1.82, 2.24) is 10.2 Å². The lowest BCUT2D eigenvalue weighted by atomic mass is 10.6. The van der Waals surface area contributed by atoms with E-state index in [2.05, 4.69) is 5.32 Å². The van der Waals surface area contributed by atoms with Gasteiger partial charge in [-0.15, -0.1) is 11.6 Å². The minimum Gasteiger partial charge on any atom is -0.338 e. The summed E-state index contributed by atoms with van der Waals surface area (Å²) in [6.07, 6.45) is 0. The Labute approximate surface area is 86.9 Å². The molecule has 0 aliphatic rings. The maximum atomic E-state index is 11.1. The molecule has 0 unspecified atom stereocenters. The van der Waals surface area contributed by atoms with Gasteiger partial charge in [-0.25, -0.2) is 4.79 Å². The Morgan fingerprint density at radius 3 is 2.42 bits per heavy atom. The monoisotopic (exact) mass is 232 g/mol. The van der Waals surface area contributed by atoms with Gasteiger partial charge in [-0.05, 0) is 6.92 Å². The molecule has 0 aromatic rings. The minimum atomic E-state index is -1.35. The van der Waals surface area contributed by atoms with Gasteiger partial charge in [0.05, 0.1) is 5.88 Å². The van der Waals surface area contributed by atoms with Crippen LogP contribution in [0.3, 0.4) is 0 Å². The van der Waals surface area contributed by atoms with E-state index in [4.69, 9.17) is 34.8 Å². The van der Waals surface area contributed by atoms with Crippen LogP contribution in [0, 0.1) is 0 Å². The Morgan fingerprint density at radius 2 is 2.08 bits per heavy atom. The summed E-state index contributed by atoms with van der Waals surface area (Å²) in [4.78, 5) is 12.3. The fourth-order valence-corrected chi connectivity index (χ4v) is 0.841. The number of rotatable bonds is 3. The van der Waals surface area contributed by atoms with E-state index in [9.17, 15) is 4.79 Å². The standard InChI is InChI=1S/C6H11Cl3N2O/c1-3-10-5(12)11(2)6(8,9)4-7/h3-4H2,1-2H3,(H,10,12). The zero-order chi connectivity index (χ0) is 9.78. The largest absolute Gasteiger partial charge is 0.338 e. The van der Waals surface area contributed by atoms with Crippen molar-refractivity contribution < 1.29 is 4.79 Å². The fraction of sp³-hybridized carbons (Fsp3) is 0.833. The summed E-state index contributed by atoms with van der Waals surface area (Å²) in [5.74, 6) is -0.0380. The van der Waals surface area contributed by atoms with Crippen molar-refractivity contribution in [1.29, 1.82) is 0 Å². The van der Waals surface area contributed by atoms with Crippen LogP contribution in [0.1, 0.15) is 6.92 Å². The maximum Gasteiger partial charge on any atom is 0.319 e. The Bertz CT molecular complexity index is 163. The number of alkyl halides is 3. The summed E-state index contributed by atoms with van der Waals surface area (Å²) in [7, 11) is 1.48. The molecule has 72 valence electrons. The third-order valence-electron chi connectivity index (χ3n) is 1.28. The SMILES string of the molecule is CCNC(=O)N(C)C(Cl)(Cl)CCl. The van der Waals surface area contributed by atoms with Crippen molar-refractivity contribution in [2.24, 2.45) is 0 Å². The second-order valence-corrected chi connectivity index (χ2v) is 3.91. The number of nitrogens with zero attached hydrogens (tertiary/aromatic N) is 1. The smallest absolute Gasteiger partial charge is 0.319 e. The van der Waals surface area contributed by atoms with Gasteiger partial charge in [-0.1, -0.05) is 23.2 Å². The van der Waals surface area contributed by atoms with E-state index in [1.807, 2.05) is 0 Å². The molecule has 0 rings (SSSR count). The van der Waals surface area contributed by atoms with E-state index < -0.39 is 4.46 Å². The number of amides is 2. The Hall–Kier alpha value is 0.140. The van der Waals surface area contributed by atoms with Crippen molar-refractivity contribution in [2.75, 3.05) is 19.5 Å². The molecule has 0 aliphatic heterocycles. The van der Waals surface area contributed by atoms with Crippen LogP contribution in [0.2, 0.25) is 0 Å². The minimum absolute atomic E-state index is 0.0380. The van der Waals surface area contributed by atoms with Crippen LogP contribution in [0.15, 0.2) is 0 Å². The molecule has 0 radical (unpaired) electrons. The van der Waals surface area contributed by atoms with Crippen LogP contribution in [-0.4, -0.2) is 34.9 Å². The quantitative estimate of drug-likeness (QED) is 0.587. The van der Waals surface area contributed by atoms with E-state index in [0.29, 0.717) is 6.54 Å². The third-order valence-corrected chi connectivity index (χ3v) is 2.72. The number of nitrogens with one attached hydrogen (secondary N) is 1. The number of carbonyl (C=O) groups is 1. The summed E-state index contributed by atoms with van der Waals surface area (Å²) in [6, 6.07) is -0.344. The summed E-state index contributed by atoms with van der Waals surface area (Å²) < 4.78 is -1.35. The predicted octanol–water partition coefficient (Wildman–Crippen LogP) is 2.02. The van der Waals surface area contributed by atoms with Gasteiger partial charge in [-0.2, -0.15) is 0 Å².